The molecule has 4 heterocycles. The lowest BCUT2D eigenvalue weighted by molar-refractivity contribution is -0.144. The number of nitrogens with zero attached hydrogens (tertiary/aromatic N) is 4. The Labute approximate surface area is 380 Å². The second-order valence-corrected chi connectivity index (χ2v) is 20.7. The molecular weight excluding hydrogens is 839 g/mol. The number of aromatic nitrogens is 1. The van der Waals surface area contributed by atoms with Crippen molar-refractivity contribution in [3.63, 3.8) is 0 Å². The summed E-state index contributed by atoms with van der Waals surface area (Å²) in [7, 11) is 0. The predicted octanol–water partition coefficient (Wildman–Crippen LogP) is 6.09. The lowest BCUT2D eigenvalue weighted by Crippen LogP contribution is -2.61. The molecule has 342 valence electrons. The highest BCUT2D eigenvalue weighted by Gasteiger charge is 2.46. The van der Waals surface area contributed by atoms with Crippen LogP contribution in [0.1, 0.15) is 96.4 Å². The van der Waals surface area contributed by atoms with E-state index in [1.54, 1.807) is 23.1 Å². The summed E-state index contributed by atoms with van der Waals surface area (Å²) in [5.74, 6) is -0.294. The van der Waals surface area contributed by atoms with E-state index in [0.29, 0.717) is 38.1 Å². The van der Waals surface area contributed by atoms with Crippen LogP contribution < -0.4 is 16.0 Å². The summed E-state index contributed by atoms with van der Waals surface area (Å²) in [5.41, 5.74) is 4.27. The van der Waals surface area contributed by atoms with Crippen molar-refractivity contribution in [1.82, 2.24) is 35.6 Å². The molecule has 14 nitrogen and oxygen atoms in total. The number of thioether (sulfide) groups is 1. The fourth-order valence-electron chi connectivity index (χ4n) is 9.00. The number of piperidine rings is 1. The minimum Gasteiger partial charge on any atom is -0.465 e. The van der Waals surface area contributed by atoms with Crippen LogP contribution in [0.5, 0.6) is 0 Å². The van der Waals surface area contributed by atoms with Gasteiger partial charge in [0, 0.05) is 75.2 Å². The van der Waals surface area contributed by atoms with Gasteiger partial charge in [-0.15, -0.1) is 23.1 Å². The molecule has 3 aliphatic heterocycles. The molecule has 0 radical (unpaired) electrons. The first kappa shape index (κ1) is 48.0. The standard InChI is InChI=1S/C47H65N7O7S2/c1-31(33-15-17-34(18-16-33)41-32(2)48-30-63-41)49-43(58)38-25-36(55)26-54(38)44(59)42(46(3,4)5)51-39(56)13-9-10-14-40(57)53-23-20-47(21-24-53)28-52(29-47)22-19-35(50-45(60)61)27-62-37-11-7-6-8-12-37/h6-8,11-12,15-18,30-31,35-36,38,42,50,55H,9-10,13-14,19-29H2,1-5H3,(H,49,58)(H,51,56)(H,60,61)/t31?,35?,36-,38+,42?/m1/s1. The van der Waals surface area contributed by atoms with E-state index in [-0.39, 0.29) is 54.6 Å². The number of aliphatic hydroxyl groups is 1. The first-order valence-corrected chi connectivity index (χ1v) is 24.1. The molecule has 3 aromatic rings. The highest BCUT2D eigenvalue weighted by Crippen LogP contribution is 2.41. The number of amides is 5. The summed E-state index contributed by atoms with van der Waals surface area (Å²) in [4.78, 5) is 77.9. The van der Waals surface area contributed by atoms with Gasteiger partial charge in [-0.3, -0.25) is 19.2 Å². The van der Waals surface area contributed by atoms with Crippen molar-refractivity contribution >= 4 is 52.8 Å². The Bertz CT molecular complexity index is 2030. The van der Waals surface area contributed by atoms with Gasteiger partial charge in [0.2, 0.25) is 23.6 Å². The third-order valence-electron chi connectivity index (χ3n) is 12.7. The zero-order chi connectivity index (χ0) is 45.3. The van der Waals surface area contributed by atoms with Crippen molar-refractivity contribution in [2.45, 2.75) is 121 Å². The molecule has 5 atom stereocenters. The summed E-state index contributed by atoms with van der Waals surface area (Å²) >= 11 is 3.23. The summed E-state index contributed by atoms with van der Waals surface area (Å²) < 4.78 is 0. The third-order valence-corrected chi connectivity index (χ3v) is 14.9. The van der Waals surface area contributed by atoms with Crippen LogP contribution in [0.15, 0.2) is 65.0 Å². The van der Waals surface area contributed by atoms with E-state index >= 15 is 0 Å². The molecule has 3 fully saturated rings. The van der Waals surface area contributed by atoms with E-state index in [1.165, 1.54) is 4.90 Å². The number of β-amino-alcohol motifs (C(OH)–C–C–N with tert-alkyl or cyclic N) is 1. The van der Waals surface area contributed by atoms with Crippen LogP contribution in [0.25, 0.3) is 10.4 Å². The zero-order valence-corrected chi connectivity index (χ0v) is 38.9. The van der Waals surface area contributed by atoms with Crippen LogP contribution >= 0.6 is 23.1 Å². The van der Waals surface area contributed by atoms with Gasteiger partial charge in [-0.2, -0.15) is 0 Å². The number of carbonyl (C=O) groups is 5. The molecule has 0 aliphatic carbocycles. The molecular formula is C47H65N7O7S2. The highest BCUT2D eigenvalue weighted by molar-refractivity contribution is 7.99. The molecule has 6 rings (SSSR count). The molecule has 1 spiro atoms. The highest BCUT2D eigenvalue weighted by atomic mass is 32.2. The van der Waals surface area contributed by atoms with E-state index in [0.717, 1.165) is 65.5 Å². The maximum Gasteiger partial charge on any atom is 0.404 e. The van der Waals surface area contributed by atoms with Crippen molar-refractivity contribution in [3.05, 3.63) is 71.4 Å². The van der Waals surface area contributed by atoms with Crippen molar-refractivity contribution < 1.29 is 34.2 Å². The van der Waals surface area contributed by atoms with Crippen LogP contribution in [0.2, 0.25) is 0 Å². The molecule has 16 heteroatoms. The van der Waals surface area contributed by atoms with Crippen molar-refractivity contribution in [2.75, 3.05) is 45.0 Å². The Morgan fingerprint density at radius 2 is 1.63 bits per heavy atom. The number of carbonyl (C=O) groups excluding carboxylic acids is 4. The number of unbranched alkanes of at least 4 members (excludes halogenated alkanes) is 1. The summed E-state index contributed by atoms with van der Waals surface area (Å²) in [6.07, 6.45) is 2.42. The maximum absolute atomic E-state index is 14.1. The van der Waals surface area contributed by atoms with Crippen LogP contribution in [0.4, 0.5) is 4.79 Å². The molecule has 3 unspecified atom stereocenters. The Kier molecular flexibility index (Phi) is 16.3. The Balaban J connectivity index is 0.899. The Hall–Kier alpha value is -4.51. The van der Waals surface area contributed by atoms with Gasteiger partial charge >= 0.3 is 6.09 Å². The number of benzene rings is 2. The summed E-state index contributed by atoms with van der Waals surface area (Å²) in [6.45, 7) is 13.6. The lowest BCUT2D eigenvalue weighted by atomic mass is 9.72. The SMILES string of the molecule is Cc1ncsc1-c1ccc(C(C)NC(=O)[C@@H]2C[C@@H](O)CN2C(=O)C(NC(=O)CCCCC(=O)N2CCC3(CC2)CN(CCC(CSc2ccccc2)NC(=O)O)C3)C(C)(C)C)cc1. The van der Waals surface area contributed by atoms with Crippen LogP contribution in [0, 0.1) is 17.8 Å². The molecule has 63 heavy (non-hydrogen) atoms. The maximum atomic E-state index is 14.1. The van der Waals surface area contributed by atoms with E-state index in [9.17, 15) is 34.2 Å². The van der Waals surface area contributed by atoms with Crippen molar-refractivity contribution in [1.29, 1.82) is 0 Å². The molecule has 5 N–H and O–H groups in total. The van der Waals surface area contributed by atoms with Gasteiger partial charge in [0.25, 0.3) is 0 Å². The molecule has 5 amide bonds. The Morgan fingerprint density at radius 1 is 0.952 bits per heavy atom. The number of hydrogen-bond acceptors (Lipinski definition) is 10. The van der Waals surface area contributed by atoms with Gasteiger partial charge in [0.15, 0.2) is 0 Å². The summed E-state index contributed by atoms with van der Waals surface area (Å²) in [5, 5.41) is 28.7. The topological polar surface area (TPSA) is 185 Å². The average Bonchev–Trinajstić information content (AvgIpc) is 3.86. The number of aliphatic hydroxyl groups excluding tert-OH is 1. The number of thiazole rings is 1. The molecule has 0 bridgehead atoms. The molecule has 0 saturated carbocycles. The minimum absolute atomic E-state index is 0.00372. The number of aryl methyl sites for hydroxylation is 1. The monoisotopic (exact) mass is 903 g/mol. The Morgan fingerprint density at radius 3 is 2.27 bits per heavy atom. The number of hydrogen-bond donors (Lipinski definition) is 5. The van der Waals surface area contributed by atoms with E-state index in [4.69, 9.17) is 0 Å². The number of rotatable bonds is 18. The molecule has 1 aromatic heterocycles. The van der Waals surface area contributed by atoms with Gasteiger partial charge < -0.3 is 40.9 Å². The number of carboxylic acid groups (broad SMARTS) is 1. The van der Waals surface area contributed by atoms with Crippen LogP contribution in [0.3, 0.4) is 0 Å². The van der Waals surface area contributed by atoms with Gasteiger partial charge in [-0.1, -0.05) is 63.2 Å². The normalized spacial score (nSPS) is 20.1. The van der Waals surface area contributed by atoms with Crippen LogP contribution in [-0.4, -0.2) is 129 Å². The van der Waals surface area contributed by atoms with Crippen molar-refractivity contribution in [3.8, 4) is 10.4 Å². The van der Waals surface area contributed by atoms with Gasteiger partial charge in [0.05, 0.1) is 28.2 Å². The van der Waals surface area contributed by atoms with E-state index < -0.39 is 35.6 Å². The van der Waals surface area contributed by atoms with Gasteiger partial charge in [-0.25, -0.2) is 9.78 Å². The molecule has 2 aromatic carbocycles. The fraction of sp³-hybridized carbons (Fsp3) is 0.574. The smallest absolute Gasteiger partial charge is 0.404 e. The molecule has 3 saturated heterocycles. The predicted molar refractivity (Wildman–Crippen MR) is 246 cm³/mol. The number of likely N-dealkylation sites (tertiary alicyclic amines) is 3. The third kappa shape index (κ3) is 13.0. The first-order valence-electron chi connectivity index (χ1n) is 22.3. The largest absolute Gasteiger partial charge is 0.465 e. The number of nitrogens with one attached hydrogen (secondary N) is 3. The van der Waals surface area contributed by atoms with Crippen LogP contribution in [-0.2, 0) is 19.2 Å². The second kappa shape index (κ2) is 21.4. The van der Waals surface area contributed by atoms with E-state index in [1.807, 2.05) is 99.6 Å². The summed E-state index contributed by atoms with van der Waals surface area (Å²) in [6, 6.07) is 15.7. The average molecular weight is 904 g/mol. The lowest BCUT2D eigenvalue weighted by Gasteiger charge is -2.54. The minimum atomic E-state index is -1.00. The van der Waals surface area contributed by atoms with Crippen molar-refractivity contribution in [2.24, 2.45) is 10.8 Å². The van der Waals surface area contributed by atoms with E-state index in [2.05, 4.69) is 25.8 Å². The molecule has 3 aliphatic rings. The zero-order valence-electron chi connectivity index (χ0n) is 37.3. The first-order chi connectivity index (χ1) is 30.0. The quantitative estimate of drug-likeness (QED) is 0.0740. The van der Waals surface area contributed by atoms with Gasteiger partial charge in [-0.05, 0) is 80.0 Å². The fourth-order valence-corrected chi connectivity index (χ4v) is 10.8. The second-order valence-electron chi connectivity index (χ2n) is 18.7. The van der Waals surface area contributed by atoms with Gasteiger partial charge in [0.1, 0.15) is 12.1 Å².